The summed E-state index contributed by atoms with van der Waals surface area (Å²) in [7, 11) is 0. The Kier molecular flexibility index (Phi) is 3.90. The second-order valence-electron chi connectivity index (χ2n) is 2.72. The summed E-state index contributed by atoms with van der Waals surface area (Å²) in [6.07, 6.45) is 0.108. The van der Waals surface area contributed by atoms with Gasteiger partial charge in [0.15, 0.2) is 17.4 Å². The molecule has 0 aliphatic carbocycles. The van der Waals surface area contributed by atoms with Crippen molar-refractivity contribution in [2.45, 2.75) is 6.42 Å². The Morgan fingerprint density at radius 1 is 1.07 bits per heavy atom. The first kappa shape index (κ1) is 11.8. The van der Waals surface area contributed by atoms with Crippen molar-refractivity contribution in [1.82, 2.24) is 0 Å². The molecule has 0 radical (unpaired) electrons. The van der Waals surface area contributed by atoms with Gasteiger partial charge in [0, 0.05) is 19.1 Å². The summed E-state index contributed by atoms with van der Waals surface area (Å²) in [6, 6.07) is 0.101. The van der Waals surface area contributed by atoms with E-state index in [2.05, 4.69) is 4.74 Å². The summed E-state index contributed by atoms with van der Waals surface area (Å²) in [6.45, 7) is -0.478. The highest BCUT2D eigenvalue weighted by atomic mass is 19.2. The minimum absolute atomic E-state index is 0.101. The SMILES string of the molecule is OCCCOc1c(F)c(F)cc(F)c1F. The molecule has 1 aromatic carbocycles. The Morgan fingerprint density at radius 2 is 1.60 bits per heavy atom. The van der Waals surface area contributed by atoms with Crippen LogP contribution >= 0.6 is 0 Å². The Bertz CT molecular complexity index is 328. The number of hydrogen-bond donors (Lipinski definition) is 1. The fourth-order valence-corrected chi connectivity index (χ4v) is 0.917. The van der Waals surface area contributed by atoms with Crippen molar-refractivity contribution >= 4 is 0 Å². The van der Waals surface area contributed by atoms with Crippen LogP contribution in [0.2, 0.25) is 0 Å². The molecule has 0 spiro atoms. The van der Waals surface area contributed by atoms with Crippen molar-refractivity contribution in [2.24, 2.45) is 0 Å². The molecule has 0 saturated carbocycles. The van der Waals surface area contributed by atoms with E-state index in [4.69, 9.17) is 5.11 Å². The van der Waals surface area contributed by atoms with E-state index in [9.17, 15) is 17.6 Å². The maximum absolute atomic E-state index is 12.9. The average Bonchev–Trinajstić information content (AvgIpc) is 2.20. The van der Waals surface area contributed by atoms with E-state index in [1.807, 2.05) is 0 Å². The van der Waals surface area contributed by atoms with Gasteiger partial charge in [0.05, 0.1) is 6.61 Å². The van der Waals surface area contributed by atoms with Gasteiger partial charge in [-0.3, -0.25) is 0 Å². The zero-order valence-electron chi connectivity index (χ0n) is 7.57. The third kappa shape index (κ3) is 2.59. The van der Waals surface area contributed by atoms with Gasteiger partial charge in [-0.05, 0) is 0 Å². The molecule has 0 fully saturated rings. The second kappa shape index (κ2) is 4.97. The van der Waals surface area contributed by atoms with E-state index >= 15 is 0 Å². The molecule has 0 bridgehead atoms. The van der Waals surface area contributed by atoms with E-state index in [0.717, 1.165) is 0 Å². The van der Waals surface area contributed by atoms with E-state index in [1.54, 1.807) is 0 Å². The van der Waals surface area contributed by atoms with Crippen LogP contribution in [-0.4, -0.2) is 18.3 Å². The van der Waals surface area contributed by atoms with Gasteiger partial charge in [-0.15, -0.1) is 0 Å². The topological polar surface area (TPSA) is 29.5 Å². The lowest BCUT2D eigenvalue weighted by Crippen LogP contribution is -2.06. The third-order valence-electron chi connectivity index (χ3n) is 1.62. The van der Waals surface area contributed by atoms with Gasteiger partial charge in [-0.2, -0.15) is 8.78 Å². The van der Waals surface area contributed by atoms with E-state index in [1.165, 1.54) is 0 Å². The lowest BCUT2D eigenvalue weighted by atomic mass is 10.3. The van der Waals surface area contributed by atoms with Gasteiger partial charge in [0.2, 0.25) is 11.6 Å². The van der Waals surface area contributed by atoms with Crippen LogP contribution in [0, 0.1) is 23.3 Å². The molecule has 0 aliphatic rings. The lowest BCUT2D eigenvalue weighted by Gasteiger charge is -2.08. The highest BCUT2D eigenvalue weighted by molar-refractivity contribution is 5.28. The zero-order valence-corrected chi connectivity index (χ0v) is 7.57. The molecule has 0 unspecified atom stereocenters. The Balaban J connectivity index is 2.94. The number of ether oxygens (including phenoxy) is 1. The van der Waals surface area contributed by atoms with E-state index in [-0.39, 0.29) is 25.7 Å². The van der Waals surface area contributed by atoms with Crippen LogP contribution in [0.15, 0.2) is 6.07 Å². The average molecular weight is 224 g/mol. The van der Waals surface area contributed by atoms with Crippen LogP contribution in [-0.2, 0) is 0 Å². The van der Waals surface area contributed by atoms with Crippen LogP contribution in [0.1, 0.15) is 6.42 Å². The molecule has 1 N–H and O–H groups in total. The third-order valence-corrected chi connectivity index (χ3v) is 1.62. The fourth-order valence-electron chi connectivity index (χ4n) is 0.917. The van der Waals surface area contributed by atoms with Crippen molar-refractivity contribution < 1.29 is 27.4 Å². The normalized spacial score (nSPS) is 10.5. The maximum atomic E-state index is 12.9. The molecule has 0 saturated heterocycles. The van der Waals surface area contributed by atoms with Crippen LogP contribution in [0.4, 0.5) is 17.6 Å². The number of aliphatic hydroxyl groups is 1. The van der Waals surface area contributed by atoms with Gasteiger partial charge in [0.1, 0.15) is 0 Å². The molecular formula is C9H8F4O2. The molecule has 2 nitrogen and oxygen atoms in total. The molecule has 0 aliphatic heterocycles. The number of benzene rings is 1. The summed E-state index contributed by atoms with van der Waals surface area (Å²) < 4.78 is 55.5. The number of hydrogen-bond acceptors (Lipinski definition) is 2. The zero-order chi connectivity index (χ0) is 11.4. The monoisotopic (exact) mass is 224 g/mol. The first-order chi connectivity index (χ1) is 7.07. The Hall–Kier alpha value is -1.30. The van der Waals surface area contributed by atoms with Crippen molar-refractivity contribution in [1.29, 1.82) is 0 Å². The lowest BCUT2D eigenvalue weighted by molar-refractivity contribution is 0.218. The van der Waals surface area contributed by atoms with Gasteiger partial charge < -0.3 is 9.84 Å². The molecule has 1 aromatic rings. The summed E-state index contributed by atoms with van der Waals surface area (Å²) in [4.78, 5) is 0. The van der Waals surface area contributed by atoms with Gasteiger partial charge in [-0.25, -0.2) is 8.78 Å². The summed E-state index contributed by atoms with van der Waals surface area (Å²) in [5.74, 6) is -7.29. The van der Waals surface area contributed by atoms with Crippen molar-refractivity contribution in [3.8, 4) is 5.75 Å². The molecule has 15 heavy (non-hydrogen) atoms. The van der Waals surface area contributed by atoms with Gasteiger partial charge >= 0.3 is 0 Å². The van der Waals surface area contributed by atoms with Crippen molar-refractivity contribution in [3.63, 3.8) is 0 Å². The molecule has 0 atom stereocenters. The fraction of sp³-hybridized carbons (Fsp3) is 0.333. The van der Waals surface area contributed by atoms with Gasteiger partial charge in [0.25, 0.3) is 0 Å². The quantitative estimate of drug-likeness (QED) is 0.481. The van der Waals surface area contributed by atoms with Crippen molar-refractivity contribution in [2.75, 3.05) is 13.2 Å². The van der Waals surface area contributed by atoms with Crippen LogP contribution < -0.4 is 4.74 Å². The number of rotatable bonds is 4. The second-order valence-corrected chi connectivity index (χ2v) is 2.72. The van der Waals surface area contributed by atoms with Crippen molar-refractivity contribution in [3.05, 3.63) is 29.3 Å². The van der Waals surface area contributed by atoms with E-state index < -0.39 is 29.0 Å². The first-order valence-corrected chi connectivity index (χ1v) is 4.14. The minimum atomic E-state index is -1.58. The molecule has 0 amide bonds. The van der Waals surface area contributed by atoms with Crippen LogP contribution in [0.5, 0.6) is 5.75 Å². The predicted molar refractivity (Wildman–Crippen MR) is 43.5 cm³/mol. The van der Waals surface area contributed by atoms with Crippen LogP contribution in [0.25, 0.3) is 0 Å². The predicted octanol–water partition coefficient (Wildman–Crippen LogP) is 2.00. The van der Waals surface area contributed by atoms with Crippen LogP contribution in [0.3, 0.4) is 0 Å². The maximum Gasteiger partial charge on any atom is 0.203 e. The molecule has 1 rings (SSSR count). The standard InChI is InChI=1S/C9H8F4O2/c10-5-4-6(11)8(13)9(7(5)12)15-3-1-2-14/h4,14H,1-3H2. The summed E-state index contributed by atoms with van der Waals surface area (Å²) >= 11 is 0. The number of aliphatic hydroxyl groups excluding tert-OH is 1. The Labute approximate surface area is 83.1 Å². The highest BCUT2D eigenvalue weighted by Gasteiger charge is 2.20. The molecule has 0 aromatic heterocycles. The smallest absolute Gasteiger partial charge is 0.203 e. The highest BCUT2D eigenvalue weighted by Crippen LogP contribution is 2.26. The minimum Gasteiger partial charge on any atom is -0.487 e. The molecule has 84 valence electrons. The largest absolute Gasteiger partial charge is 0.487 e. The van der Waals surface area contributed by atoms with Gasteiger partial charge in [-0.1, -0.05) is 0 Å². The summed E-state index contributed by atoms with van der Waals surface area (Å²) in [5, 5.41) is 8.38. The molecule has 0 heterocycles. The molecule has 6 heteroatoms. The molecular weight excluding hydrogens is 216 g/mol. The summed E-state index contributed by atoms with van der Waals surface area (Å²) in [5.41, 5.74) is 0. The first-order valence-electron chi connectivity index (χ1n) is 4.14. The number of halogens is 4. The van der Waals surface area contributed by atoms with E-state index in [0.29, 0.717) is 0 Å². The Morgan fingerprint density at radius 3 is 2.07 bits per heavy atom.